The van der Waals surface area contributed by atoms with Crippen molar-refractivity contribution in [2.45, 2.75) is 43.0 Å². The van der Waals surface area contributed by atoms with E-state index in [0.717, 1.165) is 17.7 Å². The summed E-state index contributed by atoms with van der Waals surface area (Å²) in [5.41, 5.74) is -0.579. The number of carboxylic acids is 1. The standard InChI is InChI=1S/C16H21NO3S/c1-11-6-5-9-16(10-11,15(19)20)17-14(18)12-7-3-4-8-13(12)21-2/h3-4,7-8,11H,5-6,9-10H2,1-2H3,(H,17,18)(H,19,20). The topological polar surface area (TPSA) is 66.4 Å². The van der Waals surface area contributed by atoms with E-state index in [4.69, 9.17) is 0 Å². The molecule has 114 valence electrons. The van der Waals surface area contributed by atoms with Crippen LogP contribution in [-0.4, -0.2) is 28.8 Å². The second-order valence-electron chi connectivity index (χ2n) is 5.74. The number of nitrogens with one attached hydrogen (secondary N) is 1. The second kappa shape index (κ2) is 6.52. The van der Waals surface area contributed by atoms with E-state index in [-0.39, 0.29) is 5.91 Å². The Kier molecular flexibility index (Phi) is 4.93. The molecule has 0 radical (unpaired) electrons. The zero-order valence-corrected chi connectivity index (χ0v) is 13.2. The normalized spacial score (nSPS) is 25.3. The molecule has 0 bridgehead atoms. The smallest absolute Gasteiger partial charge is 0.329 e. The molecule has 4 nitrogen and oxygen atoms in total. The number of carbonyl (C=O) groups is 2. The summed E-state index contributed by atoms with van der Waals surface area (Å²) in [5, 5.41) is 12.4. The van der Waals surface area contributed by atoms with Crippen LogP contribution in [0, 0.1) is 5.92 Å². The molecule has 0 heterocycles. The molecular formula is C16H21NO3S. The van der Waals surface area contributed by atoms with Gasteiger partial charge in [0.2, 0.25) is 0 Å². The van der Waals surface area contributed by atoms with Crippen molar-refractivity contribution in [3.8, 4) is 0 Å². The summed E-state index contributed by atoms with van der Waals surface area (Å²) in [4.78, 5) is 25.1. The summed E-state index contributed by atoms with van der Waals surface area (Å²) in [6.07, 6.45) is 4.75. The SMILES string of the molecule is CSc1ccccc1C(=O)NC1(C(=O)O)CCCC(C)C1. The molecule has 2 N–H and O–H groups in total. The van der Waals surface area contributed by atoms with Crippen molar-refractivity contribution in [1.82, 2.24) is 5.32 Å². The molecule has 2 unspecified atom stereocenters. The summed E-state index contributed by atoms with van der Waals surface area (Å²) in [6, 6.07) is 7.28. The lowest BCUT2D eigenvalue weighted by Crippen LogP contribution is -2.56. The molecule has 1 aromatic rings. The van der Waals surface area contributed by atoms with Gasteiger partial charge in [0, 0.05) is 4.90 Å². The summed E-state index contributed by atoms with van der Waals surface area (Å²) >= 11 is 1.49. The molecule has 0 spiro atoms. The third-order valence-corrected chi connectivity index (χ3v) is 4.91. The maximum atomic E-state index is 12.5. The van der Waals surface area contributed by atoms with E-state index in [1.54, 1.807) is 12.1 Å². The maximum absolute atomic E-state index is 12.5. The number of thioether (sulfide) groups is 1. The molecule has 1 aliphatic carbocycles. The van der Waals surface area contributed by atoms with E-state index in [9.17, 15) is 14.7 Å². The number of hydrogen-bond donors (Lipinski definition) is 2. The molecule has 21 heavy (non-hydrogen) atoms. The van der Waals surface area contributed by atoms with E-state index in [1.165, 1.54) is 11.8 Å². The Hall–Kier alpha value is -1.49. The molecule has 5 heteroatoms. The van der Waals surface area contributed by atoms with Crippen LogP contribution in [0.5, 0.6) is 0 Å². The van der Waals surface area contributed by atoms with Gasteiger partial charge in [-0.05, 0) is 37.1 Å². The molecule has 1 amide bonds. The van der Waals surface area contributed by atoms with Crippen molar-refractivity contribution in [2.24, 2.45) is 5.92 Å². The first-order chi connectivity index (χ1) is 9.98. The monoisotopic (exact) mass is 307 g/mol. The summed E-state index contributed by atoms with van der Waals surface area (Å²) < 4.78 is 0. The Bertz CT molecular complexity index is 546. The molecule has 0 aliphatic heterocycles. The highest BCUT2D eigenvalue weighted by Gasteiger charge is 2.43. The maximum Gasteiger partial charge on any atom is 0.329 e. The van der Waals surface area contributed by atoms with Crippen LogP contribution < -0.4 is 5.32 Å². The van der Waals surface area contributed by atoms with Crippen LogP contribution in [0.15, 0.2) is 29.2 Å². The van der Waals surface area contributed by atoms with Gasteiger partial charge in [-0.2, -0.15) is 0 Å². The van der Waals surface area contributed by atoms with E-state index in [1.807, 2.05) is 25.3 Å². The first-order valence-electron chi connectivity index (χ1n) is 7.17. The lowest BCUT2D eigenvalue weighted by atomic mass is 9.76. The lowest BCUT2D eigenvalue weighted by Gasteiger charge is -2.37. The number of carbonyl (C=O) groups excluding carboxylic acids is 1. The van der Waals surface area contributed by atoms with Crippen molar-refractivity contribution in [2.75, 3.05) is 6.26 Å². The first kappa shape index (κ1) is 15.9. The number of aliphatic carboxylic acids is 1. The summed E-state index contributed by atoms with van der Waals surface area (Å²) in [6.45, 7) is 2.04. The predicted molar refractivity (Wildman–Crippen MR) is 83.7 cm³/mol. The van der Waals surface area contributed by atoms with Crippen molar-refractivity contribution in [1.29, 1.82) is 0 Å². The fourth-order valence-corrected chi connectivity index (χ4v) is 3.62. The third kappa shape index (κ3) is 3.40. The Balaban J connectivity index is 2.25. The molecule has 0 aromatic heterocycles. The highest BCUT2D eigenvalue weighted by Crippen LogP contribution is 2.33. The summed E-state index contributed by atoms with van der Waals surface area (Å²) in [5.74, 6) is -0.911. The van der Waals surface area contributed by atoms with E-state index in [2.05, 4.69) is 5.32 Å². The average molecular weight is 307 g/mol. The molecule has 1 aromatic carbocycles. The van der Waals surface area contributed by atoms with Gasteiger partial charge in [-0.15, -0.1) is 11.8 Å². The Morgan fingerprint density at radius 3 is 2.71 bits per heavy atom. The Morgan fingerprint density at radius 2 is 2.10 bits per heavy atom. The minimum absolute atomic E-state index is 0.295. The van der Waals surface area contributed by atoms with Crippen LogP contribution >= 0.6 is 11.8 Å². The minimum atomic E-state index is -1.12. The van der Waals surface area contributed by atoms with Gasteiger partial charge in [-0.25, -0.2) is 4.79 Å². The van der Waals surface area contributed by atoms with Crippen LogP contribution in [0.1, 0.15) is 43.0 Å². The van der Waals surface area contributed by atoms with Crippen LogP contribution in [0.4, 0.5) is 0 Å². The third-order valence-electron chi connectivity index (χ3n) is 4.11. The fraction of sp³-hybridized carbons (Fsp3) is 0.500. The van der Waals surface area contributed by atoms with Gasteiger partial charge in [0.1, 0.15) is 5.54 Å². The van der Waals surface area contributed by atoms with Gasteiger partial charge in [-0.1, -0.05) is 31.9 Å². The number of rotatable bonds is 4. The molecule has 1 aliphatic rings. The van der Waals surface area contributed by atoms with Gasteiger partial charge >= 0.3 is 5.97 Å². The lowest BCUT2D eigenvalue weighted by molar-refractivity contribution is -0.146. The van der Waals surface area contributed by atoms with Crippen molar-refractivity contribution >= 4 is 23.6 Å². The average Bonchev–Trinajstić information content (AvgIpc) is 2.47. The number of carboxylic acid groups (broad SMARTS) is 1. The second-order valence-corrected chi connectivity index (χ2v) is 6.59. The Labute approximate surface area is 129 Å². The Morgan fingerprint density at radius 1 is 1.38 bits per heavy atom. The molecule has 1 saturated carbocycles. The van der Waals surface area contributed by atoms with Gasteiger partial charge < -0.3 is 10.4 Å². The van der Waals surface area contributed by atoms with E-state index >= 15 is 0 Å². The van der Waals surface area contributed by atoms with Gasteiger partial charge in [0.15, 0.2) is 0 Å². The fourth-order valence-electron chi connectivity index (χ4n) is 3.03. The number of hydrogen-bond acceptors (Lipinski definition) is 3. The predicted octanol–water partition coefficient (Wildman–Crippen LogP) is 3.17. The van der Waals surface area contributed by atoms with Crippen LogP contribution in [0.3, 0.4) is 0 Å². The molecule has 2 atom stereocenters. The van der Waals surface area contributed by atoms with Crippen molar-refractivity contribution in [3.05, 3.63) is 29.8 Å². The highest BCUT2D eigenvalue weighted by atomic mass is 32.2. The minimum Gasteiger partial charge on any atom is -0.480 e. The molecule has 2 rings (SSSR count). The molecular weight excluding hydrogens is 286 g/mol. The zero-order valence-electron chi connectivity index (χ0n) is 12.4. The summed E-state index contributed by atoms with van der Waals surface area (Å²) in [7, 11) is 0. The highest BCUT2D eigenvalue weighted by molar-refractivity contribution is 7.98. The van der Waals surface area contributed by atoms with E-state index in [0.29, 0.717) is 24.3 Å². The molecule has 0 saturated heterocycles. The quantitative estimate of drug-likeness (QED) is 0.839. The van der Waals surface area contributed by atoms with E-state index < -0.39 is 11.5 Å². The van der Waals surface area contributed by atoms with Crippen molar-refractivity contribution < 1.29 is 14.7 Å². The largest absolute Gasteiger partial charge is 0.480 e. The zero-order chi connectivity index (χ0) is 15.5. The van der Waals surface area contributed by atoms with Gasteiger partial charge in [0.25, 0.3) is 5.91 Å². The van der Waals surface area contributed by atoms with Gasteiger partial charge in [0.05, 0.1) is 5.56 Å². The number of benzene rings is 1. The van der Waals surface area contributed by atoms with Crippen LogP contribution in [-0.2, 0) is 4.79 Å². The van der Waals surface area contributed by atoms with Crippen LogP contribution in [0.2, 0.25) is 0 Å². The first-order valence-corrected chi connectivity index (χ1v) is 8.40. The molecule has 1 fully saturated rings. The van der Waals surface area contributed by atoms with Gasteiger partial charge in [-0.3, -0.25) is 4.79 Å². The van der Waals surface area contributed by atoms with Crippen LogP contribution in [0.25, 0.3) is 0 Å². The number of amides is 1. The van der Waals surface area contributed by atoms with Crippen molar-refractivity contribution in [3.63, 3.8) is 0 Å².